The van der Waals surface area contributed by atoms with Gasteiger partial charge in [0.15, 0.2) is 5.96 Å². The highest BCUT2D eigenvalue weighted by atomic mass is 127. The van der Waals surface area contributed by atoms with E-state index in [0.717, 1.165) is 23.7 Å². The molecule has 4 nitrogen and oxygen atoms in total. The van der Waals surface area contributed by atoms with Crippen molar-refractivity contribution >= 4 is 41.3 Å². The molecule has 3 rings (SSSR count). The maximum Gasteiger partial charge on any atom is 0.191 e. The number of guanidine groups is 1. The van der Waals surface area contributed by atoms with E-state index in [-0.39, 0.29) is 29.8 Å². The van der Waals surface area contributed by atoms with E-state index in [1.54, 1.807) is 29.7 Å². The van der Waals surface area contributed by atoms with Gasteiger partial charge in [0.25, 0.3) is 0 Å². The van der Waals surface area contributed by atoms with E-state index < -0.39 is 0 Å². The summed E-state index contributed by atoms with van der Waals surface area (Å²) in [6, 6.07) is 14.3. The van der Waals surface area contributed by atoms with E-state index >= 15 is 0 Å². The van der Waals surface area contributed by atoms with Gasteiger partial charge in [-0.1, -0.05) is 18.2 Å². The maximum atomic E-state index is 13.0. The molecule has 0 radical (unpaired) electrons. The van der Waals surface area contributed by atoms with Crippen molar-refractivity contribution in [3.05, 3.63) is 82.2 Å². The zero-order chi connectivity index (χ0) is 17.3. The lowest BCUT2D eigenvalue weighted by Gasteiger charge is -2.12. The lowest BCUT2D eigenvalue weighted by Crippen LogP contribution is -2.37. The fraction of sp³-hybridized carbons (Fsp3) is 0.211. The van der Waals surface area contributed by atoms with Crippen LogP contribution in [0.2, 0.25) is 0 Å². The Hall–Kier alpha value is -1.87. The first-order valence-electron chi connectivity index (χ1n) is 8.11. The lowest BCUT2D eigenvalue weighted by molar-refractivity contribution is 0.506. The number of furan rings is 1. The van der Waals surface area contributed by atoms with Crippen LogP contribution in [0, 0.1) is 5.82 Å². The fourth-order valence-electron chi connectivity index (χ4n) is 2.28. The Balaban J connectivity index is 0.00000243. The Morgan fingerprint density at radius 2 is 1.92 bits per heavy atom. The molecule has 0 unspecified atom stereocenters. The zero-order valence-electron chi connectivity index (χ0n) is 14.2. The molecule has 7 heteroatoms. The summed E-state index contributed by atoms with van der Waals surface area (Å²) in [5.74, 6) is 1.42. The molecule has 3 aromatic rings. The Labute approximate surface area is 173 Å². The van der Waals surface area contributed by atoms with Gasteiger partial charge < -0.3 is 15.1 Å². The summed E-state index contributed by atoms with van der Waals surface area (Å²) in [6.45, 7) is 1.92. The molecule has 1 aromatic carbocycles. The third-order valence-corrected chi connectivity index (χ3v) is 4.46. The van der Waals surface area contributed by atoms with Gasteiger partial charge in [0.2, 0.25) is 0 Å². The summed E-state index contributed by atoms with van der Waals surface area (Å²) >= 11 is 1.70. The lowest BCUT2D eigenvalue weighted by atomic mass is 10.2. The molecule has 138 valence electrons. The minimum Gasteiger partial charge on any atom is -0.469 e. The molecular formula is C19H21FIN3OS. The average Bonchev–Trinajstić information content (AvgIpc) is 3.32. The third kappa shape index (κ3) is 6.80. The number of nitrogens with zero attached hydrogens (tertiary/aromatic N) is 1. The maximum absolute atomic E-state index is 13.0. The Kier molecular flexibility index (Phi) is 8.63. The van der Waals surface area contributed by atoms with Crippen molar-refractivity contribution in [1.82, 2.24) is 10.6 Å². The van der Waals surface area contributed by atoms with E-state index in [0.29, 0.717) is 19.6 Å². The molecule has 0 saturated heterocycles. The normalized spacial score (nSPS) is 11.0. The number of benzene rings is 1. The summed E-state index contributed by atoms with van der Waals surface area (Å²) in [6.07, 6.45) is 2.46. The van der Waals surface area contributed by atoms with E-state index in [9.17, 15) is 4.39 Å². The van der Waals surface area contributed by atoms with Crippen molar-refractivity contribution in [2.75, 3.05) is 6.54 Å². The van der Waals surface area contributed by atoms with Gasteiger partial charge in [0, 0.05) is 17.8 Å². The monoisotopic (exact) mass is 485 g/mol. The van der Waals surface area contributed by atoms with E-state index in [4.69, 9.17) is 4.42 Å². The van der Waals surface area contributed by atoms with E-state index in [1.807, 2.05) is 18.2 Å². The largest absolute Gasteiger partial charge is 0.469 e. The first kappa shape index (κ1) is 20.4. The highest BCUT2D eigenvalue weighted by Gasteiger charge is 2.02. The van der Waals surface area contributed by atoms with Gasteiger partial charge >= 0.3 is 0 Å². The number of thiophene rings is 1. The van der Waals surface area contributed by atoms with Crippen LogP contribution in [-0.4, -0.2) is 12.5 Å². The zero-order valence-corrected chi connectivity index (χ0v) is 17.3. The quantitative estimate of drug-likeness (QED) is 0.293. The van der Waals surface area contributed by atoms with Gasteiger partial charge in [0.05, 0.1) is 19.4 Å². The molecule has 26 heavy (non-hydrogen) atoms. The molecule has 0 saturated carbocycles. The van der Waals surface area contributed by atoms with Gasteiger partial charge in [-0.2, -0.15) is 0 Å². The molecule has 0 amide bonds. The molecule has 0 aliphatic carbocycles. The van der Waals surface area contributed by atoms with Crippen LogP contribution in [0.25, 0.3) is 0 Å². The highest BCUT2D eigenvalue weighted by molar-refractivity contribution is 14.0. The molecule has 2 aromatic heterocycles. The molecular weight excluding hydrogens is 464 g/mol. The van der Waals surface area contributed by atoms with Crippen LogP contribution < -0.4 is 10.6 Å². The van der Waals surface area contributed by atoms with Crippen molar-refractivity contribution in [2.45, 2.75) is 19.5 Å². The number of halogens is 2. The van der Waals surface area contributed by atoms with Crippen LogP contribution in [0.5, 0.6) is 0 Å². The second kappa shape index (κ2) is 11.0. The molecule has 0 fully saturated rings. The Bertz CT molecular complexity index is 774. The predicted octanol–water partition coefficient (Wildman–Crippen LogP) is 4.58. The van der Waals surface area contributed by atoms with E-state index in [1.165, 1.54) is 17.0 Å². The predicted molar refractivity (Wildman–Crippen MR) is 115 cm³/mol. The molecule has 0 atom stereocenters. The average molecular weight is 485 g/mol. The Morgan fingerprint density at radius 3 is 2.62 bits per heavy atom. The number of nitrogens with one attached hydrogen (secondary N) is 2. The smallest absolute Gasteiger partial charge is 0.191 e. The van der Waals surface area contributed by atoms with Crippen LogP contribution >= 0.6 is 35.3 Å². The number of hydrogen-bond donors (Lipinski definition) is 2. The van der Waals surface area contributed by atoms with Crippen LogP contribution in [-0.2, 0) is 19.5 Å². The van der Waals surface area contributed by atoms with Gasteiger partial charge in [-0.05, 0) is 41.3 Å². The second-order valence-corrected chi connectivity index (χ2v) is 6.51. The molecule has 0 bridgehead atoms. The summed E-state index contributed by atoms with van der Waals surface area (Å²) < 4.78 is 18.3. The van der Waals surface area contributed by atoms with E-state index in [2.05, 4.69) is 27.1 Å². The Morgan fingerprint density at radius 1 is 1.08 bits per heavy atom. The van der Waals surface area contributed by atoms with Crippen molar-refractivity contribution in [2.24, 2.45) is 4.99 Å². The van der Waals surface area contributed by atoms with Crippen molar-refractivity contribution < 1.29 is 8.81 Å². The van der Waals surface area contributed by atoms with Crippen LogP contribution in [0.15, 0.2) is 69.6 Å². The van der Waals surface area contributed by atoms with Crippen LogP contribution in [0.4, 0.5) is 4.39 Å². The van der Waals surface area contributed by atoms with Crippen molar-refractivity contribution in [3.63, 3.8) is 0 Å². The van der Waals surface area contributed by atoms with Gasteiger partial charge in [-0.15, -0.1) is 35.3 Å². The number of aliphatic imine (C=N–C) groups is 1. The minimum absolute atomic E-state index is 0. The third-order valence-electron chi connectivity index (χ3n) is 3.59. The van der Waals surface area contributed by atoms with Crippen LogP contribution in [0.1, 0.15) is 16.2 Å². The van der Waals surface area contributed by atoms with Gasteiger partial charge in [0.1, 0.15) is 11.6 Å². The summed E-state index contributed by atoms with van der Waals surface area (Å²) in [5.41, 5.74) is 0.963. The van der Waals surface area contributed by atoms with Crippen molar-refractivity contribution in [1.29, 1.82) is 0 Å². The topological polar surface area (TPSA) is 49.6 Å². The summed E-state index contributed by atoms with van der Waals surface area (Å²) in [4.78, 5) is 5.83. The highest BCUT2D eigenvalue weighted by Crippen LogP contribution is 2.08. The first-order chi connectivity index (χ1) is 12.3. The molecule has 0 aliphatic heterocycles. The second-order valence-electron chi connectivity index (χ2n) is 5.48. The van der Waals surface area contributed by atoms with Crippen LogP contribution in [0.3, 0.4) is 0 Å². The fourth-order valence-corrected chi connectivity index (χ4v) is 2.92. The summed E-state index contributed by atoms with van der Waals surface area (Å²) in [7, 11) is 0. The molecule has 2 heterocycles. The van der Waals surface area contributed by atoms with Crippen molar-refractivity contribution in [3.8, 4) is 0 Å². The standard InChI is InChI=1S/C19H20FN3OS.HI/c20-16-7-5-15(6-8-16)13-22-19(23-14-18-4-2-12-25-18)21-10-9-17-3-1-11-24-17;/h1-8,11-12H,9-10,13-14H2,(H2,21,22,23);1H. The summed E-state index contributed by atoms with van der Waals surface area (Å²) in [5, 5.41) is 8.69. The van der Waals surface area contributed by atoms with Gasteiger partial charge in [-0.3, -0.25) is 0 Å². The molecule has 2 N–H and O–H groups in total. The first-order valence-corrected chi connectivity index (χ1v) is 8.99. The molecule has 0 spiro atoms. The van der Waals surface area contributed by atoms with Gasteiger partial charge in [-0.25, -0.2) is 9.38 Å². The molecule has 0 aliphatic rings. The number of rotatable bonds is 7. The number of hydrogen-bond acceptors (Lipinski definition) is 3. The minimum atomic E-state index is -0.236. The SMILES string of the molecule is Fc1ccc(CN=C(NCCc2ccco2)NCc2cccs2)cc1.I.